The molecule has 5 nitrogen and oxygen atoms in total. The van der Waals surface area contributed by atoms with Crippen LogP contribution < -0.4 is 10.6 Å². The first-order valence-electron chi connectivity index (χ1n) is 8.68. The first-order chi connectivity index (χ1) is 11.7. The Kier molecular flexibility index (Phi) is 9.46. The van der Waals surface area contributed by atoms with Gasteiger partial charge < -0.3 is 20.1 Å². The van der Waals surface area contributed by atoms with Crippen molar-refractivity contribution in [1.29, 1.82) is 0 Å². The standard InChI is InChI=1S/C19H31BrN2O3/c1-14(15-8-6-9-16(20)12-15)22-17(13-24-5)10-7-11-21-18(23)25-19(2,3)4/h6,8-9,12,14,17,22H,7,10-11,13H2,1-5H3,(H,21,23)/t14-,17?/m0/s1. The molecule has 0 aliphatic carbocycles. The smallest absolute Gasteiger partial charge is 0.407 e. The molecule has 1 unspecified atom stereocenters. The van der Waals surface area contributed by atoms with Crippen LogP contribution in [0.1, 0.15) is 52.1 Å². The number of benzene rings is 1. The van der Waals surface area contributed by atoms with Crippen molar-refractivity contribution in [3.8, 4) is 0 Å². The Balaban J connectivity index is 2.40. The van der Waals surface area contributed by atoms with Crippen LogP contribution in [0.25, 0.3) is 0 Å². The SMILES string of the molecule is COCC(CCCNC(=O)OC(C)(C)C)N[C@@H](C)c1cccc(Br)c1. The molecule has 1 aromatic rings. The Morgan fingerprint density at radius 2 is 2.04 bits per heavy atom. The monoisotopic (exact) mass is 414 g/mol. The molecule has 0 saturated heterocycles. The molecular weight excluding hydrogens is 384 g/mol. The van der Waals surface area contributed by atoms with Crippen molar-refractivity contribution in [2.75, 3.05) is 20.3 Å². The molecule has 0 saturated carbocycles. The second kappa shape index (κ2) is 10.8. The summed E-state index contributed by atoms with van der Waals surface area (Å²) < 4.78 is 11.6. The van der Waals surface area contributed by atoms with Crippen molar-refractivity contribution in [3.63, 3.8) is 0 Å². The van der Waals surface area contributed by atoms with Crippen LogP contribution in [0.2, 0.25) is 0 Å². The van der Waals surface area contributed by atoms with E-state index in [0.717, 1.165) is 17.3 Å². The summed E-state index contributed by atoms with van der Waals surface area (Å²) in [5.41, 5.74) is 0.756. The third-order valence-electron chi connectivity index (χ3n) is 3.60. The molecule has 0 aliphatic rings. The van der Waals surface area contributed by atoms with Crippen molar-refractivity contribution in [2.45, 2.75) is 58.2 Å². The Labute approximate surface area is 160 Å². The van der Waals surface area contributed by atoms with Crippen LogP contribution in [0.3, 0.4) is 0 Å². The molecule has 1 rings (SSSR count). The van der Waals surface area contributed by atoms with E-state index in [0.29, 0.717) is 13.2 Å². The number of halogens is 1. The molecule has 1 aromatic carbocycles. The highest BCUT2D eigenvalue weighted by Crippen LogP contribution is 2.19. The molecule has 6 heteroatoms. The third-order valence-corrected chi connectivity index (χ3v) is 4.09. The normalized spacial score (nSPS) is 14.0. The van der Waals surface area contributed by atoms with E-state index in [9.17, 15) is 4.79 Å². The van der Waals surface area contributed by atoms with Crippen molar-refractivity contribution in [3.05, 3.63) is 34.3 Å². The van der Waals surface area contributed by atoms with Gasteiger partial charge in [-0.2, -0.15) is 0 Å². The number of carbonyl (C=O) groups is 1. The zero-order valence-corrected chi connectivity index (χ0v) is 17.5. The minimum Gasteiger partial charge on any atom is -0.444 e. The van der Waals surface area contributed by atoms with Crippen LogP contribution in [0, 0.1) is 0 Å². The molecule has 0 radical (unpaired) electrons. The highest BCUT2D eigenvalue weighted by Gasteiger charge is 2.16. The molecule has 25 heavy (non-hydrogen) atoms. The summed E-state index contributed by atoms with van der Waals surface area (Å²) in [7, 11) is 1.71. The van der Waals surface area contributed by atoms with Gasteiger partial charge in [0.15, 0.2) is 0 Å². The zero-order chi connectivity index (χ0) is 18.9. The topological polar surface area (TPSA) is 59.6 Å². The molecule has 0 fully saturated rings. The van der Waals surface area contributed by atoms with Gasteiger partial charge in [0, 0.05) is 30.2 Å². The van der Waals surface area contributed by atoms with Crippen molar-refractivity contribution < 1.29 is 14.3 Å². The molecular formula is C19H31BrN2O3. The Hall–Kier alpha value is -1.11. The van der Waals surface area contributed by atoms with E-state index in [1.165, 1.54) is 5.56 Å². The lowest BCUT2D eigenvalue weighted by atomic mass is 10.1. The van der Waals surface area contributed by atoms with Crippen molar-refractivity contribution in [2.24, 2.45) is 0 Å². The van der Waals surface area contributed by atoms with E-state index in [2.05, 4.69) is 45.6 Å². The number of hydrogen-bond donors (Lipinski definition) is 2. The molecule has 0 heterocycles. The van der Waals surface area contributed by atoms with E-state index in [-0.39, 0.29) is 18.2 Å². The minimum absolute atomic E-state index is 0.219. The molecule has 2 N–H and O–H groups in total. The lowest BCUT2D eigenvalue weighted by Gasteiger charge is -2.24. The Morgan fingerprint density at radius 1 is 1.32 bits per heavy atom. The fourth-order valence-corrected chi connectivity index (χ4v) is 2.91. The minimum atomic E-state index is -0.469. The van der Waals surface area contributed by atoms with Gasteiger partial charge in [0.1, 0.15) is 5.60 Å². The number of ether oxygens (including phenoxy) is 2. The second-order valence-corrected chi connectivity index (χ2v) is 8.08. The summed E-state index contributed by atoms with van der Waals surface area (Å²) in [6.45, 7) is 8.92. The molecule has 1 amide bonds. The van der Waals surface area contributed by atoms with Crippen LogP contribution in [0.15, 0.2) is 28.7 Å². The highest BCUT2D eigenvalue weighted by atomic mass is 79.9. The van der Waals surface area contributed by atoms with Crippen molar-refractivity contribution in [1.82, 2.24) is 10.6 Å². The zero-order valence-electron chi connectivity index (χ0n) is 15.9. The van der Waals surface area contributed by atoms with E-state index in [4.69, 9.17) is 9.47 Å². The fraction of sp³-hybridized carbons (Fsp3) is 0.632. The average Bonchev–Trinajstić information content (AvgIpc) is 2.50. The maximum atomic E-state index is 11.6. The molecule has 2 atom stereocenters. The van der Waals surface area contributed by atoms with Gasteiger partial charge in [-0.15, -0.1) is 0 Å². The first-order valence-corrected chi connectivity index (χ1v) is 9.48. The van der Waals surface area contributed by atoms with E-state index < -0.39 is 5.60 Å². The Bertz CT molecular complexity index is 532. The number of amides is 1. The predicted molar refractivity (Wildman–Crippen MR) is 105 cm³/mol. The number of nitrogens with one attached hydrogen (secondary N) is 2. The van der Waals surface area contributed by atoms with Crippen LogP contribution in [0.4, 0.5) is 4.79 Å². The molecule has 0 aromatic heterocycles. The number of hydrogen-bond acceptors (Lipinski definition) is 4. The number of methoxy groups -OCH3 is 1. The summed E-state index contributed by atoms with van der Waals surface area (Å²) in [5.74, 6) is 0. The Morgan fingerprint density at radius 3 is 2.64 bits per heavy atom. The average molecular weight is 415 g/mol. The van der Waals surface area contributed by atoms with Gasteiger partial charge in [-0.05, 0) is 58.2 Å². The van der Waals surface area contributed by atoms with Crippen LogP contribution in [-0.4, -0.2) is 38.0 Å². The fourth-order valence-electron chi connectivity index (χ4n) is 2.49. The van der Waals surface area contributed by atoms with Gasteiger partial charge >= 0.3 is 6.09 Å². The summed E-state index contributed by atoms with van der Waals surface area (Å²) in [4.78, 5) is 11.6. The van der Waals surface area contributed by atoms with E-state index in [1.807, 2.05) is 32.9 Å². The lowest BCUT2D eigenvalue weighted by Crippen LogP contribution is -2.37. The molecule has 0 spiro atoms. The van der Waals surface area contributed by atoms with Gasteiger partial charge in [-0.3, -0.25) is 0 Å². The van der Waals surface area contributed by atoms with Gasteiger partial charge in [0.2, 0.25) is 0 Å². The van der Waals surface area contributed by atoms with Crippen molar-refractivity contribution >= 4 is 22.0 Å². The van der Waals surface area contributed by atoms with E-state index >= 15 is 0 Å². The first kappa shape index (κ1) is 21.9. The summed E-state index contributed by atoms with van der Waals surface area (Å²) in [6.07, 6.45) is 1.39. The number of rotatable bonds is 9. The predicted octanol–water partition coefficient (Wildman–Crippen LogP) is 4.42. The van der Waals surface area contributed by atoms with Crippen LogP contribution in [-0.2, 0) is 9.47 Å². The molecule has 0 aliphatic heterocycles. The van der Waals surface area contributed by atoms with Gasteiger partial charge in [-0.25, -0.2) is 4.79 Å². The molecule has 0 bridgehead atoms. The third kappa shape index (κ3) is 9.82. The maximum absolute atomic E-state index is 11.6. The van der Waals surface area contributed by atoms with Crippen LogP contribution >= 0.6 is 15.9 Å². The number of alkyl carbamates (subject to hydrolysis) is 1. The summed E-state index contributed by atoms with van der Waals surface area (Å²) in [6, 6.07) is 8.72. The molecule has 142 valence electrons. The lowest BCUT2D eigenvalue weighted by molar-refractivity contribution is 0.0526. The highest BCUT2D eigenvalue weighted by molar-refractivity contribution is 9.10. The second-order valence-electron chi connectivity index (χ2n) is 7.17. The van der Waals surface area contributed by atoms with Gasteiger partial charge in [0.05, 0.1) is 6.61 Å². The number of carbonyl (C=O) groups excluding carboxylic acids is 1. The summed E-state index contributed by atoms with van der Waals surface area (Å²) in [5, 5.41) is 6.39. The quantitative estimate of drug-likeness (QED) is 0.587. The maximum Gasteiger partial charge on any atom is 0.407 e. The van der Waals surface area contributed by atoms with Gasteiger partial charge in [0.25, 0.3) is 0 Å². The largest absolute Gasteiger partial charge is 0.444 e. The van der Waals surface area contributed by atoms with Gasteiger partial charge in [-0.1, -0.05) is 28.1 Å². The van der Waals surface area contributed by atoms with Crippen LogP contribution in [0.5, 0.6) is 0 Å². The summed E-state index contributed by atoms with van der Waals surface area (Å²) >= 11 is 3.51. The van der Waals surface area contributed by atoms with E-state index in [1.54, 1.807) is 7.11 Å².